The normalized spacial score (nSPS) is 11.5. The number of ether oxygens (including phenoxy) is 13. The van der Waals surface area contributed by atoms with Crippen LogP contribution >= 0.6 is 0 Å². The highest BCUT2D eigenvalue weighted by atomic mass is 16.6. The number of unbranched alkanes of at least 4 members (excludes halogenated alkanes) is 9. The fourth-order valence-corrected chi connectivity index (χ4v) is 4.95. The molecule has 0 unspecified atom stereocenters. The van der Waals surface area contributed by atoms with Gasteiger partial charge in [-0.2, -0.15) is 0 Å². The molecule has 0 aliphatic rings. The molecule has 0 spiro atoms. The maximum Gasteiger partial charge on any atom is 0.119 e. The first-order chi connectivity index (χ1) is 27.4. The zero-order valence-corrected chi connectivity index (χ0v) is 34.4. The Morgan fingerprint density at radius 3 is 0.782 bits per heavy atom. The van der Waals surface area contributed by atoms with E-state index in [1.54, 1.807) is 0 Å². The van der Waals surface area contributed by atoms with E-state index in [-0.39, 0.29) is 0 Å². The summed E-state index contributed by atoms with van der Waals surface area (Å²) in [6.45, 7) is 15.9. The van der Waals surface area contributed by atoms with Crippen LogP contribution in [0.25, 0.3) is 0 Å². The molecule has 0 aliphatic carbocycles. The number of hydrogen-bond acceptors (Lipinski definition) is 13. The van der Waals surface area contributed by atoms with E-state index in [1.807, 2.05) is 30.3 Å². The summed E-state index contributed by atoms with van der Waals surface area (Å²) in [6.07, 6.45) is 13.4. The third kappa shape index (κ3) is 43.5. The molecule has 1 aromatic rings. The molecule has 0 aliphatic heterocycles. The van der Waals surface area contributed by atoms with Gasteiger partial charge >= 0.3 is 0 Å². The summed E-state index contributed by atoms with van der Waals surface area (Å²) in [6, 6.07) is 9.68. The monoisotopic (exact) mass is 791 g/mol. The summed E-state index contributed by atoms with van der Waals surface area (Å²) in [7, 11) is 0. The standard InChI is InChI=1S/C42H78O13/c1-2-3-4-5-6-7-8-9-10-14-17-43-18-19-44-20-21-45-22-23-46-24-25-47-26-27-48-28-29-49-30-31-50-32-33-51-34-35-52-36-37-53-38-39-54-40-41-55-42-15-12-11-13-16-42/h11-13,15-16H,2-10,14,17-41H2,1H3. The summed E-state index contributed by atoms with van der Waals surface area (Å²) in [5.41, 5.74) is 0. The van der Waals surface area contributed by atoms with Crippen molar-refractivity contribution in [2.24, 2.45) is 0 Å². The zero-order valence-electron chi connectivity index (χ0n) is 34.4. The van der Waals surface area contributed by atoms with Crippen LogP contribution in [0.4, 0.5) is 0 Å². The molecule has 13 nitrogen and oxygen atoms in total. The van der Waals surface area contributed by atoms with E-state index in [4.69, 9.17) is 61.6 Å². The summed E-state index contributed by atoms with van der Waals surface area (Å²) < 4.78 is 71.8. The summed E-state index contributed by atoms with van der Waals surface area (Å²) in [5.74, 6) is 0.845. The minimum Gasteiger partial charge on any atom is -0.491 e. The van der Waals surface area contributed by atoms with Crippen molar-refractivity contribution in [3.8, 4) is 5.75 Å². The maximum atomic E-state index is 5.66. The van der Waals surface area contributed by atoms with Gasteiger partial charge in [0.25, 0.3) is 0 Å². The lowest BCUT2D eigenvalue weighted by Crippen LogP contribution is -2.15. The molecule has 0 heterocycles. The molecule has 0 saturated carbocycles. The molecule has 0 N–H and O–H groups in total. The lowest BCUT2D eigenvalue weighted by molar-refractivity contribution is -0.0285. The van der Waals surface area contributed by atoms with Crippen molar-refractivity contribution in [3.05, 3.63) is 30.3 Å². The van der Waals surface area contributed by atoms with Crippen LogP contribution in [0.15, 0.2) is 30.3 Å². The van der Waals surface area contributed by atoms with Crippen LogP contribution in [-0.4, -0.2) is 165 Å². The zero-order chi connectivity index (χ0) is 39.1. The summed E-state index contributed by atoms with van der Waals surface area (Å²) >= 11 is 0. The van der Waals surface area contributed by atoms with E-state index < -0.39 is 0 Å². The summed E-state index contributed by atoms with van der Waals surface area (Å²) in [5, 5.41) is 0. The van der Waals surface area contributed by atoms with Gasteiger partial charge in [-0.05, 0) is 18.6 Å². The number of benzene rings is 1. The molecule has 1 rings (SSSR count). The molecule has 13 heteroatoms. The van der Waals surface area contributed by atoms with Gasteiger partial charge in [-0.3, -0.25) is 0 Å². The molecule has 0 amide bonds. The molecule has 0 aromatic heterocycles. The fraction of sp³-hybridized carbons (Fsp3) is 0.857. The minimum atomic E-state index is 0.512. The van der Waals surface area contributed by atoms with Gasteiger partial charge in [-0.1, -0.05) is 82.9 Å². The van der Waals surface area contributed by atoms with Crippen LogP contribution in [0.1, 0.15) is 71.1 Å². The van der Waals surface area contributed by atoms with E-state index in [9.17, 15) is 0 Å². The first-order valence-corrected chi connectivity index (χ1v) is 21.0. The van der Waals surface area contributed by atoms with Crippen LogP contribution in [0.5, 0.6) is 5.75 Å². The van der Waals surface area contributed by atoms with Crippen LogP contribution in [-0.2, 0) is 56.8 Å². The predicted octanol–water partition coefficient (Wildman–Crippen LogP) is 6.19. The molecular weight excluding hydrogens is 712 g/mol. The van der Waals surface area contributed by atoms with Gasteiger partial charge in [0.1, 0.15) is 12.4 Å². The Morgan fingerprint density at radius 2 is 0.491 bits per heavy atom. The van der Waals surface area contributed by atoms with Gasteiger partial charge in [0.05, 0.1) is 152 Å². The second-order valence-corrected chi connectivity index (χ2v) is 12.7. The highest BCUT2D eigenvalue weighted by Gasteiger charge is 1.98. The molecule has 324 valence electrons. The molecule has 0 bridgehead atoms. The molecule has 0 atom stereocenters. The van der Waals surface area contributed by atoms with Crippen molar-refractivity contribution in [1.82, 2.24) is 0 Å². The molecule has 55 heavy (non-hydrogen) atoms. The Bertz CT molecular complexity index is 824. The maximum absolute atomic E-state index is 5.66. The van der Waals surface area contributed by atoms with E-state index in [0.717, 1.165) is 18.8 Å². The van der Waals surface area contributed by atoms with E-state index in [0.29, 0.717) is 159 Å². The van der Waals surface area contributed by atoms with Crippen LogP contribution in [0.3, 0.4) is 0 Å². The van der Waals surface area contributed by atoms with Crippen LogP contribution in [0.2, 0.25) is 0 Å². The highest BCUT2D eigenvalue weighted by molar-refractivity contribution is 5.20. The molecule has 0 fully saturated rings. The molecule has 0 radical (unpaired) electrons. The largest absolute Gasteiger partial charge is 0.491 e. The Kier molecular flexibility index (Phi) is 44.0. The van der Waals surface area contributed by atoms with Crippen molar-refractivity contribution in [2.45, 2.75) is 71.1 Å². The third-order valence-electron chi connectivity index (χ3n) is 7.97. The Morgan fingerprint density at radius 1 is 0.255 bits per heavy atom. The number of para-hydroxylation sites is 1. The van der Waals surface area contributed by atoms with E-state index in [1.165, 1.54) is 57.8 Å². The Hall–Kier alpha value is -1.46. The van der Waals surface area contributed by atoms with Crippen molar-refractivity contribution in [2.75, 3.05) is 165 Å². The van der Waals surface area contributed by atoms with Crippen molar-refractivity contribution < 1.29 is 61.6 Å². The smallest absolute Gasteiger partial charge is 0.119 e. The second kappa shape index (κ2) is 46.9. The van der Waals surface area contributed by atoms with Crippen LogP contribution in [0, 0.1) is 0 Å². The predicted molar refractivity (Wildman–Crippen MR) is 214 cm³/mol. The average molecular weight is 791 g/mol. The lowest BCUT2D eigenvalue weighted by Gasteiger charge is -2.09. The van der Waals surface area contributed by atoms with Gasteiger partial charge in [-0.15, -0.1) is 0 Å². The lowest BCUT2D eigenvalue weighted by atomic mass is 10.1. The molecule has 1 aromatic carbocycles. The first kappa shape index (κ1) is 51.6. The minimum absolute atomic E-state index is 0.512. The second-order valence-electron chi connectivity index (χ2n) is 12.7. The topological polar surface area (TPSA) is 120 Å². The molecular formula is C42H78O13. The van der Waals surface area contributed by atoms with Gasteiger partial charge < -0.3 is 61.6 Å². The number of hydrogen-bond donors (Lipinski definition) is 0. The fourth-order valence-electron chi connectivity index (χ4n) is 4.95. The van der Waals surface area contributed by atoms with Crippen molar-refractivity contribution in [3.63, 3.8) is 0 Å². The van der Waals surface area contributed by atoms with Gasteiger partial charge in [0.2, 0.25) is 0 Å². The van der Waals surface area contributed by atoms with Gasteiger partial charge in [0.15, 0.2) is 0 Å². The highest BCUT2D eigenvalue weighted by Crippen LogP contribution is 2.10. The third-order valence-corrected chi connectivity index (χ3v) is 7.97. The van der Waals surface area contributed by atoms with Crippen molar-refractivity contribution >= 4 is 0 Å². The van der Waals surface area contributed by atoms with Gasteiger partial charge in [-0.25, -0.2) is 0 Å². The Balaban J connectivity index is 1.59. The van der Waals surface area contributed by atoms with E-state index >= 15 is 0 Å². The molecule has 0 saturated heterocycles. The first-order valence-electron chi connectivity index (χ1n) is 21.0. The summed E-state index contributed by atoms with van der Waals surface area (Å²) in [4.78, 5) is 0. The SMILES string of the molecule is CCCCCCCCCCCCOCCOCCOCCOCCOCCOCCOCCOCCOCCOCCOCCOCCOc1ccccc1. The van der Waals surface area contributed by atoms with Crippen LogP contribution < -0.4 is 4.74 Å². The quantitative estimate of drug-likeness (QED) is 0.0700. The average Bonchev–Trinajstić information content (AvgIpc) is 3.21. The van der Waals surface area contributed by atoms with E-state index in [2.05, 4.69) is 6.92 Å². The van der Waals surface area contributed by atoms with Crippen molar-refractivity contribution in [1.29, 1.82) is 0 Å². The Labute approximate surface area is 333 Å². The number of rotatable bonds is 48. The van der Waals surface area contributed by atoms with Gasteiger partial charge in [0, 0.05) is 6.61 Å².